The quantitative estimate of drug-likeness (QED) is 0.274. The van der Waals surface area contributed by atoms with Crippen LogP contribution in [0.3, 0.4) is 0 Å². The third-order valence-electron chi connectivity index (χ3n) is 4.82. The number of hydrogen-bond donors (Lipinski definition) is 2. The third-order valence-corrected chi connectivity index (χ3v) is 5.31. The fourth-order valence-corrected chi connectivity index (χ4v) is 3.49. The molecule has 0 saturated carbocycles. The fourth-order valence-electron chi connectivity index (χ4n) is 3.09. The summed E-state index contributed by atoms with van der Waals surface area (Å²) < 4.78 is 6.36. The molecule has 2 heterocycles. The Kier molecular flexibility index (Phi) is 7.05. The number of nitro groups is 1. The van der Waals surface area contributed by atoms with Crippen molar-refractivity contribution >= 4 is 50.9 Å². The molecule has 1 aliphatic rings. The largest absolute Gasteiger partial charge is 0.378 e. The van der Waals surface area contributed by atoms with Crippen molar-refractivity contribution < 1.29 is 9.66 Å². The first-order valence-corrected chi connectivity index (χ1v) is 10.9. The van der Waals surface area contributed by atoms with Crippen LogP contribution in [-0.4, -0.2) is 51.9 Å². The van der Waals surface area contributed by atoms with Crippen LogP contribution in [0.1, 0.15) is 12.5 Å². The highest BCUT2D eigenvalue weighted by Gasteiger charge is 2.17. The summed E-state index contributed by atoms with van der Waals surface area (Å²) in [4.78, 5) is 26.0. The van der Waals surface area contributed by atoms with Crippen molar-refractivity contribution in [3.8, 4) is 0 Å². The predicted molar refractivity (Wildman–Crippen MR) is 129 cm³/mol. The Bertz CT molecular complexity index is 1170. The summed E-state index contributed by atoms with van der Waals surface area (Å²) in [5.41, 5.74) is 5.09. The van der Waals surface area contributed by atoms with Crippen LogP contribution in [-0.2, 0) is 4.74 Å². The second-order valence-corrected chi connectivity index (χ2v) is 8.05. The number of non-ortho nitro benzene ring substituents is 1. The molecule has 2 N–H and O–H groups in total. The number of benzene rings is 2. The molecule has 4 rings (SSSR count). The number of morpholine rings is 1. The number of rotatable bonds is 7. The Morgan fingerprint density at radius 3 is 2.55 bits per heavy atom. The average Bonchev–Trinajstić information content (AvgIpc) is 2.83. The highest BCUT2D eigenvalue weighted by atomic mass is 79.9. The van der Waals surface area contributed by atoms with Crippen molar-refractivity contribution in [3.05, 3.63) is 68.7 Å². The summed E-state index contributed by atoms with van der Waals surface area (Å²) >= 11 is 3.46. The van der Waals surface area contributed by atoms with Crippen molar-refractivity contribution in [2.75, 3.05) is 41.9 Å². The first-order chi connectivity index (χ1) is 16.0. The lowest BCUT2D eigenvalue weighted by Crippen LogP contribution is -2.37. The first-order valence-electron chi connectivity index (χ1n) is 10.1. The van der Waals surface area contributed by atoms with E-state index < -0.39 is 4.92 Å². The minimum Gasteiger partial charge on any atom is -0.378 e. The number of aromatic nitrogens is 3. The molecular weight excluding hydrogens is 492 g/mol. The van der Waals surface area contributed by atoms with E-state index in [4.69, 9.17) is 4.74 Å². The Morgan fingerprint density at radius 1 is 1.12 bits per heavy atom. The van der Waals surface area contributed by atoms with Crippen LogP contribution >= 0.6 is 15.9 Å². The molecule has 0 bridgehead atoms. The van der Waals surface area contributed by atoms with Gasteiger partial charge in [0.15, 0.2) is 0 Å². The maximum atomic E-state index is 10.9. The van der Waals surface area contributed by atoms with E-state index in [0.717, 1.165) is 15.7 Å². The van der Waals surface area contributed by atoms with Gasteiger partial charge in [-0.15, -0.1) is 0 Å². The molecule has 0 aliphatic carbocycles. The van der Waals surface area contributed by atoms with E-state index in [1.165, 1.54) is 12.1 Å². The minimum absolute atomic E-state index is 0.0235. The number of anilines is 4. The Labute approximate surface area is 198 Å². The molecule has 0 atom stereocenters. The molecule has 1 fully saturated rings. The van der Waals surface area contributed by atoms with Gasteiger partial charge in [-0.2, -0.15) is 20.1 Å². The monoisotopic (exact) mass is 512 g/mol. The second kappa shape index (κ2) is 10.3. The Morgan fingerprint density at radius 2 is 1.85 bits per heavy atom. The molecule has 0 spiro atoms. The van der Waals surface area contributed by atoms with Gasteiger partial charge in [0.2, 0.25) is 17.8 Å². The normalized spacial score (nSPS) is 14.1. The summed E-state index contributed by atoms with van der Waals surface area (Å²) in [6.45, 7) is 4.33. The van der Waals surface area contributed by atoms with Crippen molar-refractivity contribution in [2.24, 2.45) is 5.10 Å². The SMILES string of the molecule is C/C(=N/Nc1nc(Nc2cccc(Br)c2)nc(N2CCOCC2)n1)c1ccc([N+](=O)[O-])cc1. The maximum Gasteiger partial charge on any atom is 0.269 e. The molecule has 170 valence electrons. The summed E-state index contributed by atoms with van der Waals surface area (Å²) in [6, 6.07) is 13.8. The number of nitrogens with zero attached hydrogens (tertiary/aromatic N) is 6. The number of hydrazone groups is 1. The first kappa shape index (κ1) is 22.6. The maximum absolute atomic E-state index is 10.9. The van der Waals surface area contributed by atoms with Crippen LogP contribution < -0.4 is 15.6 Å². The molecule has 2 aromatic carbocycles. The highest BCUT2D eigenvalue weighted by molar-refractivity contribution is 9.10. The van der Waals surface area contributed by atoms with Gasteiger partial charge in [-0.05, 0) is 42.8 Å². The van der Waals surface area contributed by atoms with Gasteiger partial charge >= 0.3 is 0 Å². The van der Waals surface area contributed by atoms with Crippen LogP contribution in [0.2, 0.25) is 0 Å². The van der Waals surface area contributed by atoms with E-state index in [1.807, 2.05) is 29.2 Å². The lowest BCUT2D eigenvalue weighted by molar-refractivity contribution is -0.384. The van der Waals surface area contributed by atoms with Gasteiger partial charge in [-0.25, -0.2) is 5.43 Å². The van der Waals surface area contributed by atoms with Crippen LogP contribution in [0.5, 0.6) is 0 Å². The van der Waals surface area contributed by atoms with Crippen LogP contribution in [0.25, 0.3) is 0 Å². The average molecular weight is 513 g/mol. The molecule has 1 aliphatic heterocycles. The van der Waals surface area contributed by atoms with Crippen LogP contribution in [0, 0.1) is 10.1 Å². The Balaban J connectivity index is 1.58. The Hall–Kier alpha value is -3.64. The molecule has 1 aromatic heterocycles. The molecule has 3 aromatic rings. The molecule has 33 heavy (non-hydrogen) atoms. The number of nitro benzene ring substituents is 1. The van der Waals surface area contributed by atoms with E-state index in [2.05, 4.69) is 46.7 Å². The third kappa shape index (κ3) is 5.99. The molecule has 1 saturated heterocycles. The van der Waals surface area contributed by atoms with E-state index in [0.29, 0.717) is 43.9 Å². The second-order valence-electron chi connectivity index (χ2n) is 7.13. The van der Waals surface area contributed by atoms with E-state index >= 15 is 0 Å². The van der Waals surface area contributed by atoms with Crippen molar-refractivity contribution in [2.45, 2.75) is 6.92 Å². The van der Waals surface area contributed by atoms with Crippen molar-refractivity contribution in [1.82, 2.24) is 15.0 Å². The molecule has 0 radical (unpaired) electrons. The highest BCUT2D eigenvalue weighted by Crippen LogP contribution is 2.21. The summed E-state index contributed by atoms with van der Waals surface area (Å²) in [6.07, 6.45) is 0. The predicted octanol–water partition coefficient (Wildman–Crippen LogP) is 3.96. The zero-order chi connectivity index (χ0) is 23.2. The van der Waals surface area contributed by atoms with Gasteiger partial charge in [-0.1, -0.05) is 22.0 Å². The van der Waals surface area contributed by atoms with Gasteiger partial charge in [0.05, 0.1) is 23.8 Å². The molecule has 11 nitrogen and oxygen atoms in total. The topological polar surface area (TPSA) is 131 Å². The number of ether oxygens (including phenoxy) is 1. The van der Waals surface area contributed by atoms with Gasteiger partial charge in [0.1, 0.15) is 0 Å². The van der Waals surface area contributed by atoms with Gasteiger partial charge < -0.3 is 15.0 Å². The van der Waals surface area contributed by atoms with Gasteiger partial charge in [0.25, 0.3) is 5.69 Å². The zero-order valence-electron chi connectivity index (χ0n) is 17.7. The number of halogens is 1. The number of nitrogens with one attached hydrogen (secondary N) is 2. The summed E-state index contributed by atoms with van der Waals surface area (Å²) in [7, 11) is 0. The lowest BCUT2D eigenvalue weighted by Gasteiger charge is -2.27. The van der Waals surface area contributed by atoms with E-state index in [1.54, 1.807) is 19.1 Å². The van der Waals surface area contributed by atoms with Gasteiger partial charge in [0, 0.05) is 35.4 Å². The standard InChI is InChI=1S/C21H21BrN8O3/c1-14(15-5-7-18(8-6-15)30(31)32)27-28-20-24-19(23-17-4-2-3-16(22)13-17)25-21(26-20)29-9-11-33-12-10-29/h2-8,13H,9-12H2,1H3,(H2,23,24,25,26,28)/b27-14-. The minimum atomic E-state index is -0.438. The van der Waals surface area contributed by atoms with E-state index in [-0.39, 0.29) is 11.6 Å². The lowest BCUT2D eigenvalue weighted by atomic mass is 10.1. The van der Waals surface area contributed by atoms with Gasteiger partial charge in [-0.3, -0.25) is 10.1 Å². The zero-order valence-corrected chi connectivity index (χ0v) is 19.3. The summed E-state index contributed by atoms with van der Waals surface area (Å²) in [5.74, 6) is 1.15. The molecular formula is C21H21BrN8O3. The van der Waals surface area contributed by atoms with Crippen LogP contribution in [0.4, 0.5) is 29.2 Å². The van der Waals surface area contributed by atoms with Crippen molar-refractivity contribution in [1.29, 1.82) is 0 Å². The van der Waals surface area contributed by atoms with E-state index in [9.17, 15) is 10.1 Å². The smallest absolute Gasteiger partial charge is 0.269 e. The molecule has 0 amide bonds. The number of hydrogen-bond acceptors (Lipinski definition) is 10. The summed E-state index contributed by atoms with van der Waals surface area (Å²) in [5, 5.41) is 18.4. The van der Waals surface area contributed by atoms with Crippen LogP contribution in [0.15, 0.2) is 58.1 Å². The van der Waals surface area contributed by atoms with Crippen molar-refractivity contribution in [3.63, 3.8) is 0 Å². The molecule has 12 heteroatoms. The molecule has 0 unspecified atom stereocenters. The fraction of sp³-hybridized carbons (Fsp3) is 0.238.